The molecule has 0 rings (SSSR count). The van der Waals surface area contributed by atoms with Crippen molar-refractivity contribution in [3.63, 3.8) is 0 Å². The van der Waals surface area contributed by atoms with Gasteiger partial charge in [0.1, 0.15) is 0 Å². The first-order chi connectivity index (χ1) is 30.5. The second kappa shape index (κ2) is 51.9. The molecule has 0 aliphatic carbocycles. The van der Waals surface area contributed by atoms with E-state index < -0.39 is 18.2 Å². The molecule has 0 spiro atoms. The maximum absolute atomic E-state index is 12.5. The molecule has 3 unspecified atom stereocenters. The molecule has 0 aromatic carbocycles. The summed E-state index contributed by atoms with van der Waals surface area (Å²) in [5.41, 5.74) is 0. The van der Waals surface area contributed by atoms with Crippen molar-refractivity contribution in [1.82, 2.24) is 5.32 Å². The first-order valence-corrected chi connectivity index (χ1v) is 27.4. The van der Waals surface area contributed by atoms with Gasteiger partial charge in [-0.2, -0.15) is 0 Å². The number of hydrogen-bond acceptors (Lipinski definition) is 4. The summed E-state index contributed by atoms with van der Waals surface area (Å²) >= 11 is 0. The predicted molar refractivity (Wildman–Crippen MR) is 273 cm³/mol. The molecule has 0 aromatic heterocycles. The quantitative estimate of drug-likeness (QED) is 0.0362. The molecule has 0 bridgehead atoms. The SMILES string of the molecule is CCCCCCCCCCC/C=C\C/C=C\CCCCCCCCCCCCCCCC(O)CC(=O)NC(CO)C(O)/C=C/CC/C=C/CCCCCCCCCCCCCC. The first-order valence-electron chi connectivity index (χ1n) is 27.4. The lowest BCUT2D eigenvalue weighted by Crippen LogP contribution is -2.45. The van der Waals surface area contributed by atoms with Crippen LogP contribution in [0.4, 0.5) is 0 Å². The Balaban J connectivity index is 3.60. The lowest BCUT2D eigenvalue weighted by Gasteiger charge is -2.21. The number of unbranched alkanes of at least 4 members (excludes halogenated alkanes) is 35. The normalized spacial score (nSPS) is 13.7. The van der Waals surface area contributed by atoms with E-state index >= 15 is 0 Å². The highest BCUT2D eigenvalue weighted by atomic mass is 16.3. The Bertz CT molecular complexity index is 1000. The first kappa shape index (κ1) is 60.3. The van der Waals surface area contributed by atoms with Gasteiger partial charge in [0.25, 0.3) is 0 Å². The number of aliphatic hydroxyl groups is 3. The molecule has 5 heteroatoms. The Morgan fingerprint density at radius 1 is 0.419 bits per heavy atom. The maximum Gasteiger partial charge on any atom is 0.222 e. The molecule has 0 aliphatic heterocycles. The van der Waals surface area contributed by atoms with Crippen molar-refractivity contribution in [3.05, 3.63) is 48.6 Å². The number of allylic oxidation sites excluding steroid dienone is 7. The molecule has 0 saturated heterocycles. The van der Waals surface area contributed by atoms with Crippen LogP contribution in [0.25, 0.3) is 0 Å². The zero-order valence-corrected chi connectivity index (χ0v) is 41.5. The number of nitrogens with one attached hydrogen (secondary N) is 1. The van der Waals surface area contributed by atoms with E-state index in [0.29, 0.717) is 6.42 Å². The lowest BCUT2D eigenvalue weighted by molar-refractivity contribution is -0.124. The number of carbonyl (C=O) groups is 1. The Morgan fingerprint density at radius 3 is 1.13 bits per heavy atom. The summed E-state index contributed by atoms with van der Waals surface area (Å²) in [6.07, 6.45) is 68.6. The number of rotatable bonds is 50. The zero-order chi connectivity index (χ0) is 45.1. The van der Waals surface area contributed by atoms with Crippen molar-refractivity contribution in [3.8, 4) is 0 Å². The van der Waals surface area contributed by atoms with Crippen LogP contribution in [-0.2, 0) is 4.79 Å². The molecular weight excluding hydrogens is 763 g/mol. The van der Waals surface area contributed by atoms with E-state index in [1.54, 1.807) is 6.08 Å². The number of hydrogen-bond donors (Lipinski definition) is 4. The molecule has 62 heavy (non-hydrogen) atoms. The van der Waals surface area contributed by atoms with E-state index in [4.69, 9.17) is 0 Å². The molecule has 364 valence electrons. The third-order valence-electron chi connectivity index (χ3n) is 12.6. The Labute approximate surface area is 387 Å². The summed E-state index contributed by atoms with van der Waals surface area (Å²) in [5, 5.41) is 33.4. The van der Waals surface area contributed by atoms with Gasteiger partial charge in [-0.05, 0) is 64.2 Å². The average molecular weight is 870 g/mol. The minimum absolute atomic E-state index is 0.00528. The average Bonchev–Trinajstić information content (AvgIpc) is 3.27. The molecule has 0 radical (unpaired) electrons. The topological polar surface area (TPSA) is 89.8 Å². The summed E-state index contributed by atoms with van der Waals surface area (Å²) in [4.78, 5) is 12.5. The van der Waals surface area contributed by atoms with E-state index in [0.717, 1.165) is 38.5 Å². The minimum Gasteiger partial charge on any atom is -0.394 e. The number of aliphatic hydroxyl groups excluding tert-OH is 3. The van der Waals surface area contributed by atoms with Crippen LogP contribution in [0, 0.1) is 0 Å². The van der Waals surface area contributed by atoms with Crippen LogP contribution in [0.2, 0.25) is 0 Å². The van der Waals surface area contributed by atoms with E-state index in [1.807, 2.05) is 6.08 Å². The third kappa shape index (κ3) is 47.8. The van der Waals surface area contributed by atoms with Gasteiger partial charge in [-0.3, -0.25) is 4.79 Å². The summed E-state index contributed by atoms with van der Waals surface area (Å²) in [6, 6.07) is -0.762. The number of amides is 1. The fourth-order valence-corrected chi connectivity index (χ4v) is 8.39. The van der Waals surface area contributed by atoms with Gasteiger partial charge in [-0.25, -0.2) is 0 Å². The van der Waals surface area contributed by atoms with Crippen LogP contribution in [0.1, 0.15) is 284 Å². The van der Waals surface area contributed by atoms with Gasteiger partial charge in [0.2, 0.25) is 5.91 Å². The molecule has 3 atom stereocenters. The fraction of sp³-hybridized carbons (Fsp3) is 0.842. The van der Waals surface area contributed by atoms with Gasteiger partial charge >= 0.3 is 0 Å². The van der Waals surface area contributed by atoms with E-state index in [1.165, 1.54) is 218 Å². The van der Waals surface area contributed by atoms with Crippen LogP contribution in [-0.4, -0.2) is 46.1 Å². The Kier molecular flexibility index (Phi) is 50.5. The molecule has 0 aromatic rings. The van der Waals surface area contributed by atoms with Gasteiger partial charge in [0.05, 0.1) is 31.3 Å². The Hall–Kier alpha value is -1.69. The van der Waals surface area contributed by atoms with E-state index in [9.17, 15) is 20.1 Å². The van der Waals surface area contributed by atoms with E-state index in [-0.39, 0.29) is 18.9 Å². The summed E-state index contributed by atoms with van der Waals surface area (Å²) < 4.78 is 0. The molecule has 0 saturated carbocycles. The predicted octanol–water partition coefficient (Wildman–Crippen LogP) is 16.8. The van der Waals surface area contributed by atoms with Crippen LogP contribution >= 0.6 is 0 Å². The largest absolute Gasteiger partial charge is 0.394 e. The third-order valence-corrected chi connectivity index (χ3v) is 12.6. The van der Waals surface area contributed by atoms with Crippen LogP contribution in [0.3, 0.4) is 0 Å². The van der Waals surface area contributed by atoms with Gasteiger partial charge < -0.3 is 20.6 Å². The van der Waals surface area contributed by atoms with Gasteiger partial charge in [0, 0.05) is 0 Å². The number of carbonyl (C=O) groups excluding carboxylic acids is 1. The van der Waals surface area contributed by atoms with Gasteiger partial charge in [-0.1, -0.05) is 262 Å². The molecular formula is C57H107NO4. The maximum atomic E-state index is 12.5. The highest BCUT2D eigenvalue weighted by Crippen LogP contribution is 2.16. The van der Waals surface area contributed by atoms with Crippen molar-refractivity contribution < 1.29 is 20.1 Å². The van der Waals surface area contributed by atoms with Crippen LogP contribution < -0.4 is 5.32 Å². The highest BCUT2D eigenvalue weighted by molar-refractivity contribution is 5.76. The second-order valence-corrected chi connectivity index (χ2v) is 18.8. The van der Waals surface area contributed by atoms with E-state index in [2.05, 4.69) is 55.6 Å². The molecule has 4 N–H and O–H groups in total. The van der Waals surface area contributed by atoms with Gasteiger partial charge in [-0.15, -0.1) is 0 Å². The summed E-state index contributed by atoms with van der Waals surface area (Å²) in [7, 11) is 0. The molecule has 0 aliphatic rings. The fourth-order valence-electron chi connectivity index (χ4n) is 8.39. The monoisotopic (exact) mass is 870 g/mol. The van der Waals surface area contributed by atoms with Gasteiger partial charge in [0.15, 0.2) is 0 Å². The van der Waals surface area contributed by atoms with Crippen LogP contribution in [0.5, 0.6) is 0 Å². The molecule has 5 nitrogen and oxygen atoms in total. The molecule has 0 fully saturated rings. The minimum atomic E-state index is -0.953. The van der Waals surface area contributed by atoms with Crippen molar-refractivity contribution in [2.75, 3.05) is 6.61 Å². The summed E-state index contributed by atoms with van der Waals surface area (Å²) in [6.45, 7) is 4.22. The molecule has 1 amide bonds. The summed E-state index contributed by atoms with van der Waals surface area (Å²) in [5.74, 6) is -0.324. The highest BCUT2D eigenvalue weighted by Gasteiger charge is 2.20. The molecule has 0 heterocycles. The zero-order valence-electron chi connectivity index (χ0n) is 41.5. The van der Waals surface area contributed by atoms with Crippen molar-refractivity contribution >= 4 is 5.91 Å². The van der Waals surface area contributed by atoms with Crippen molar-refractivity contribution in [2.24, 2.45) is 0 Å². The van der Waals surface area contributed by atoms with Crippen molar-refractivity contribution in [1.29, 1.82) is 0 Å². The standard InChI is InChI=1S/C57H107NO4/c1-3-5-7-9-11-13-15-17-19-21-23-24-25-26-27-28-29-30-31-32-33-34-36-38-40-42-44-46-48-50-54(60)52-57(62)58-55(53-59)56(61)51-49-47-45-43-41-39-37-35-22-20-18-16-14-12-10-8-6-4-2/h23-24,26-27,41,43,49,51,54-56,59-61H,3-22,25,28-40,42,44-48,50,52-53H2,1-2H3,(H,58,62)/b24-23-,27-26-,43-41+,51-49+. The van der Waals surface area contributed by atoms with Crippen LogP contribution in [0.15, 0.2) is 48.6 Å². The van der Waals surface area contributed by atoms with Crippen molar-refractivity contribution in [2.45, 2.75) is 302 Å². The second-order valence-electron chi connectivity index (χ2n) is 18.8. The smallest absolute Gasteiger partial charge is 0.222 e. The lowest BCUT2D eigenvalue weighted by atomic mass is 10.0. The Morgan fingerprint density at radius 2 is 0.742 bits per heavy atom.